The molecule has 0 atom stereocenters. The largest absolute Gasteiger partial charge is 0.445 e. The average Bonchev–Trinajstić information content (AvgIpc) is 2.73. The van der Waals surface area contributed by atoms with Crippen LogP contribution in [-0.4, -0.2) is 16.4 Å². The molecule has 0 radical (unpaired) electrons. The number of hydrogen-bond acceptors (Lipinski definition) is 3. The van der Waals surface area contributed by atoms with E-state index in [9.17, 15) is 18.0 Å². The van der Waals surface area contributed by atoms with Crippen LogP contribution in [0.3, 0.4) is 0 Å². The maximum absolute atomic E-state index is 13.1. The Balaban J connectivity index is 1.79. The van der Waals surface area contributed by atoms with Gasteiger partial charge in [0.15, 0.2) is 0 Å². The van der Waals surface area contributed by atoms with Crippen molar-refractivity contribution >= 4 is 50.6 Å². The first-order valence-corrected chi connectivity index (χ1v) is 9.88. The second-order valence-corrected chi connectivity index (χ2v) is 7.39. The number of thioether (sulfide) groups is 1. The number of nitrogens with one attached hydrogen (secondary N) is 1. The van der Waals surface area contributed by atoms with Gasteiger partial charge in [-0.15, -0.1) is 0 Å². The minimum atomic E-state index is -4.50. The van der Waals surface area contributed by atoms with Gasteiger partial charge in [0, 0.05) is 11.6 Å². The SMILES string of the molecule is O=C(Nc1cccc2cccnc12)/C(=C\SC(F)(F)F)c1cccc2ccccc12. The normalized spacial score (nSPS) is 12.3. The molecular formula is C23H15F3N2OS. The number of hydrogen-bond donors (Lipinski definition) is 1. The second-order valence-electron chi connectivity index (χ2n) is 6.46. The Morgan fingerprint density at radius 3 is 2.43 bits per heavy atom. The number of pyridine rings is 1. The number of aromatic nitrogens is 1. The zero-order chi connectivity index (χ0) is 21.1. The fraction of sp³-hybridized carbons (Fsp3) is 0.0435. The number of amides is 1. The fourth-order valence-electron chi connectivity index (χ4n) is 3.22. The molecule has 4 aromatic rings. The number of halogens is 3. The first-order valence-electron chi connectivity index (χ1n) is 9.00. The van der Waals surface area contributed by atoms with Crippen LogP contribution >= 0.6 is 11.8 Å². The van der Waals surface area contributed by atoms with Crippen LogP contribution in [-0.2, 0) is 4.79 Å². The highest BCUT2D eigenvalue weighted by Crippen LogP contribution is 2.36. The quantitative estimate of drug-likeness (QED) is 0.374. The van der Waals surface area contributed by atoms with Crippen molar-refractivity contribution in [1.82, 2.24) is 4.98 Å². The molecule has 0 saturated heterocycles. The number of benzene rings is 3. The van der Waals surface area contributed by atoms with Crippen LogP contribution in [0.2, 0.25) is 0 Å². The van der Waals surface area contributed by atoms with E-state index in [1.54, 1.807) is 48.7 Å². The summed E-state index contributed by atoms with van der Waals surface area (Å²) in [6.45, 7) is 0. The van der Waals surface area contributed by atoms with Gasteiger partial charge in [-0.05, 0) is 45.6 Å². The number of para-hydroxylation sites is 1. The van der Waals surface area contributed by atoms with Gasteiger partial charge in [-0.2, -0.15) is 13.2 Å². The third kappa shape index (κ3) is 4.31. The van der Waals surface area contributed by atoms with Crippen LogP contribution in [0.5, 0.6) is 0 Å². The predicted octanol–water partition coefficient (Wildman–Crippen LogP) is 6.62. The van der Waals surface area contributed by atoms with Crippen molar-refractivity contribution in [2.75, 3.05) is 5.32 Å². The summed E-state index contributed by atoms with van der Waals surface area (Å²) in [6, 6.07) is 21.4. The van der Waals surface area contributed by atoms with Crippen molar-refractivity contribution < 1.29 is 18.0 Å². The highest BCUT2D eigenvalue weighted by molar-refractivity contribution is 8.03. The van der Waals surface area contributed by atoms with Gasteiger partial charge < -0.3 is 5.32 Å². The van der Waals surface area contributed by atoms with Crippen molar-refractivity contribution in [3.8, 4) is 0 Å². The number of carbonyl (C=O) groups is 1. The van der Waals surface area contributed by atoms with Crippen LogP contribution in [0.1, 0.15) is 5.56 Å². The minimum absolute atomic E-state index is 0.0675. The second kappa shape index (κ2) is 8.20. The van der Waals surface area contributed by atoms with Crippen molar-refractivity contribution in [3.63, 3.8) is 0 Å². The first kappa shape index (κ1) is 20.0. The molecule has 1 N–H and O–H groups in total. The Hall–Kier alpha value is -3.32. The minimum Gasteiger partial charge on any atom is -0.320 e. The predicted molar refractivity (Wildman–Crippen MR) is 116 cm³/mol. The van der Waals surface area contributed by atoms with Gasteiger partial charge in [-0.3, -0.25) is 9.78 Å². The first-order chi connectivity index (χ1) is 14.4. The van der Waals surface area contributed by atoms with E-state index in [2.05, 4.69) is 10.3 Å². The molecule has 1 aromatic heterocycles. The molecule has 3 aromatic carbocycles. The van der Waals surface area contributed by atoms with Gasteiger partial charge >= 0.3 is 5.51 Å². The molecule has 0 aliphatic carbocycles. The molecule has 0 spiro atoms. The molecule has 0 unspecified atom stereocenters. The molecule has 1 heterocycles. The van der Waals surface area contributed by atoms with Crippen molar-refractivity contribution in [1.29, 1.82) is 0 Å². The lowest BCUT2D eigenvalue weighted by Crippen LogP contribution is -2.14. The summed E-state index contributed by atoms with van der Waals surface area (Å²) in [5.41, 5.74) is -3.15. The Bertz CT molecular complexity index is 1260. The summed E-state index contributed by atoms with van der Waals surface area (Å²) < 4.78 is 38.8. The van der Waals surface area contributed by atoms with Crippen molar-refractivity contribution in [2.24, 2.45) is 0 Å². The van der Waals surface area contributed by atoms with Crippen LogP contribution in [0, 0.1) is 0 Å². The van der Waals surface area contributed by atoms with Gasteiger partial charge in [0.05, 0.1) is 16.8 Å². The lowest BCUT2D eigenvalue weighted by molar-refractivity contribution is -0.111. The molecule has 150 valence electrons. The number of fused-ring (bicyclic) bond motifs is 2. The number of rotatable bonds is 4. The molecule has 0 fully saturated rings. The summed E-state index contributed by atoms with van der Waals surface area (Å²) in [5.74, 6) is -0.638. The number of alkyl halides is 3. The van der Waals surface area contributed by atoms with E-state index in [4.69, 9.17) is 0 Å². The maximum atomic E-state index is 13.1. The molecule has 0 aliphatic rings. The molecule has 0 aliphatic heterocycles. The highest BCUT2D eigenvalue weighted by atomic mass is 32.2. The summed E-state index contributed by atoms with van der Waals surface area (Å²) >= 11 is -0.351. The zero-order valence-electron chi connectivity index (χ0n) is 15.5. The third-order valence-corrected chi connectivity index (χ3v) is 5.14. The molecule has 4 rings (SSSR count). The molecule has 3 nitrogen and oxygen atoms in total. The van der Waals surface area contributed by atoms with Crippen LogP contribution in [0.25, 0.3) is 27.2 Å². The topological polar surface area (TPSA) is 42.0 Å². The van der Waals surface area contributed by atoms with Crippen LogP contribution < -0.4 is 5.32 Å². The molecule has 30 heavy (non-hydrogen) atoms. The van der Waals surface area contributed by atoms with E-state index in [1.165, 1.54) is 0 Å². The molecule has 0 bridgehead atoms. The number of nitrogens with zero attached hydrogens (tertiary/aromatic N) is 1. The Morgan fingerprint density at radius 2 is 1.60 bits per heavy atom. The van der Waals surface area contributed by atoms with Crippen LogP contribution in [0.15, 0.2) is 84.4 Å². The molecule has 7 heteroatoms. The van der Waals surface area contributed by atoms with Gasteiger partial charge in [-0.25, -0.2) is 0 Å². The lowest BCUT2D eigenvalue weighted by atomic mass is 9.98. The highest BCUT2D eigenvalue weighted by Gasteiger charge is 2.28. The van der Waals surface area contributed by atoms with Crippen LogP contribution in [0.4, 0.5) is 18.9 Å². The molecule has 0 saturated carbocycles. The Kier molecular flexibility index (Phi) is 5.46. The molecule has 1 amide bonds. The number of anilines is 1. The van der Waals surface area contributed by atoms with E-state index < -0.39 is 11.4 Å². The zero-order valence-corrected chi connectivity index (χ0v) is 16.3. The Morgan fingerprint density at radius 1 is 0.900 bits per heavy atom. The summed E-state index contributed by atoms with van der Waals surface area (Å²) in [7, 11) is 0. The van der Waals surface area contributed by atoms with E-state index in [0.717, 1.165) is 16.2 Å². The van der Waals surface area contributed by atoms with Crippen molar-refractivity contribution in [3.05, 3.63) is 90.0 Å². The van der Waals surface area contributed by atoms with Gasteiger partial charge in [0.2, 0.25) is 0 Å². The standard InChI is InChI=1S/C23H15F3N2OS/c24-23(25,26)30-14-19(18-11-3-7-15-6-1-2-10-17(15)18)22(29)28-20-12-4-8-16-9-5-13-27-21(16)20/h1-14H,(H,28,29)/b19-14-. The summed E-state index contributed by atoms with van der Waals surface area (Å²) in [4.78, 5) is 17.4. The fourth-order valence-corrected chi connectivity index (χ4v) is 3.71. The van der Waals surface area contributed by atoms with E-state index in [-0.39, 0.29) is 17.3 Å². The molecular weight excluding hydrogens is 409 g/mol. The Labute approximate surface area is 174 Å². The monoisotopic (exact) mass is 424 g/mol. The van der Waals surface area contributed by atoms with Gasteiger partial charge in [0.1, 0.15) is 0 Å². The average molecular weight is 424 g/mol. The van der Waals surface area contributed by atoms with Crippen molar-refractivity contribution in [2.45, 2.75) is 5.51 Å². The number of carbonyl (C=O) groups excluding carboxylic acids is 1. The third-order valence-electron chi connectivity index (χ3n) is 4.52. The smallest absolute Gasteiger partial charge is 0.320 e. The lowest BCUT2D eigenvalue weighted by Gasteiger charge is -2.13. The van der Waals surface area contributed by atoms with Gasteiger partial charge in [-0.1, -0.05) is 60.7 Å². The summed E-state index contributed by atoms with van der Waals surface area (Å²) in [5, 5.41) is 5.93. The van der Waals surface area contributed by atoms with Gasteiger partial charge in [0.25, 0.3) is 5.91 Å². The maximum Gasteiger partial charge on any atom is 0.445 e. The van der Waals surface area contributed by atoms with E-state index in [1.807, 2.05) is 30.3 Å². The summed E-state index contributed by atoms with van der Waals surface area (Å²) in [6.07, 6.45) is 1.60. The van der Waals surface area contributed by atoms with E-state index >= 15 is 0 Å². The van der Waals surface area contributed by atoms with E-state index in [0.29, 0.717) is 22.2 Å².